The van der Waals surface area contributed by atoms with Gasteiger partial charge in [-0.2, -0.15) is 0 Å². The highest BCUT2D eigenvalue weighted by atomic mass is 35.5. The molecule has 0 unspecified atom stereocenters. The van der Waals surface area contributed by atoms with Crippen molar-refractivity contribution in [3.8, 4) is 0 Å². The van der Waals surface area contributed by atoms with Gasteiger partial charge < -0.3 is 16.9 Å². The molecule has 0 saturated carbocycles. The summed E-state index contributed by atoms with van der Waals surface area (Å²) < 4.78 is 0. The highest BCUT2D eigenvalue weighted by Gasteiger charge is 1.90. The minimum Gasteiger partial charge on any atom is -0.369 e. The van der Waals surface area contributed by atoms with E-state index in [9.17, 15) is 0 Å². The number of hydrogen-bond donors (Lipinski definition) is 3. The van der Waals surface area contributed by atoms with E-state index in [2.05, 4.69) is 10.5 Å². The zero-order valence-electron chi connectivity index (χ0n) is 7.00. The van der Waals surface area contributed by atoms with Crippen molar-refractivity contribution in [2.45, 2.75) is 6.54 Å². The predicted octanol–water partition coefficient (Wildman–Crippen LogP) is 0.618. The Morgan fingerprint density at radius 2 is 1.92 bits per heavy atom. The second-order valence-electron chi connectivity index (χ2n) is 2.50. The Morgan fingerprint density at radius 3 is 2.46 bits per heavy atom. The van der Waals surface area contributed by atoms with Crippen LogP contribution in [0.5, 0.6) is 0 Å². The van der Waals surface area contributed by atoms with E-state index in [0.29, 0.717) is 11.6 Å². The van der Waals surface area contributed by atoms with Gasteiger partial charge in [0.1, 0.15) is 0 Å². The van der Waals surface area contributed by atoms with E-state index < -0.39 is 0 Å². The molecule has 5 heteroatoms. The van der Waals surface area contributed by atoms with Crippen molar-refractivity contribution < 1.29 is 0 Å². The molecule has 1 aromatic carbocycles. The van der Waals surface area contributed by atoms with Crippen LogP contribution in [0, 0.1) is 0 Å². The topological polar surface area (TPSA) is 76.4 Å². The molecule has 0 saturated heterocycles. The van der Waals surface area contributed by atoms with Gasteiger partial charge in [0.2, 0.25) is 5.96 Å². The molecule has 0 aromatic heterocycles. The number of rotatable bonds is 3. The number of nitrogens with zero attached hydrogens (tertiary/aromatic N) is 1. The van der Waals surface area contributed by atoms with Gasteiger partial charge in [-0.3, -0.25) is 0 Å². The van der Waals surface area contributed by atoms with Crippen LogP contribution in [-0.2, 0) is 6.54 Å². The monoisotopic (exact) mass is 198 g/mol. The maximum atomic E-state index is 5.71. The Bertz CT molecular complexity index is 290. The van der Waals surface area contributed by atoms with Crippen LogP contribution in [0.2, 0.25) is 5.02 Å². The SMILES string of the molecule is NC(N)=NNCc1ccc(Cl)cc1. The van der Waals surface area contributed by atoms with Gasteiger partial charge in [-0.05, 0) is 17.7 Å². The van der Waals surface area contributed by atoms with E-state index in [0.717, 1.165) is 5.56 Å². The van der Waals surface area contributed by atoms with Crippen LogP contribution in [0.25, 0.3) is 0 Å². The lowest BCUT2D eigenvalue weighted by Crippen LogP contribution is -2.26. The van der Waals surface area contributed by atoms with E-state index in [4.69, 9.17) is 23.1 Å². The third kappa shape index (κ3) is 3.66. The van der Waals surface area contributed by atoms with E-state index in [-0.39, 0.29) is 5.96 Å². The smallest absolute Gasteiger partial charge is 0.208 e. The zero-order chi connectivity index (χ0) is 9.68. The molecule has 0 aliphatic rings. The standard InChI is InChI=1S/C8H11ClN4/c9-7-3-1-6(2-4-7)5-12-13-8(10)11/h1-4,12H,5H2,(H4,10,11,13). The van der Waals surface area contributed by atoms with Gasteiger partial charge in [0, 0.05) is 5.02 Å². The number of benzene rings is 1. The van der Waals surface area contributed by atoms with Crippen molar-refractivity contribution >= 4 is 17.6 Å². The Balaban J connectivity index is 2.46. The first-order valence-corrected chi connectivity index (χ1v) is 4.12. The molecule has 0 fully saturated rings. The summed E-state index contributed by atoms with van der Waals surface area (Å²) in [5.41, 5.74) is 14.0. The zero-order valence-corrected chi connectivity index (χ0v) is 7.75. The number of nitrogens with one attached hydrogen (secondary N) is 1. The maximum Gasteiger partial charge on any atom is 0.208 e. The summed E-state index contributed by atoms with van der Waals surface area (Å²) in [4.78, 5) is 0. The molecule has 1 aromatic rings. The van der Waals surface area contributed by atoms with Gasteiger partial charge >= 0.3 is 0 Å². The van der Waals surface area contributed by atoms with Gasteiger partial charge in [0.15, 0.2) is 0 Å². The summed E-state index contributed by atoms with van der Waals surface area (Å²) in [6, 6.07) is 7.43. The second kappa shape index (κ2) is 4.57. The Labute approximate surface area is 81.6 Å². The summed E-state index contributed by atoms with van der Waals surface area (Å²) in [6.45, 7) is 0.578. The molecule has 1 rings (SSSR count). The predicted molar refractivity (Wildman–Crippen MR) is 54.1 cm³/mol. The third-order valence-electron chi connectivity index (χ3n) is 1.40. The molecule has 0 aliphatic carbocycles. The van der Waals surface area contributed by atoms with Crippen molar-refractivity contribution in [1.82, 2.24) is 5.43 Å². The first-order valence-electron chi connectivity index (χ1n) is 3.74. The fourth-order valence-corrected chi connectivity index (χ4v) is 0.950. The Morgan fingerprint density at radius 1 is 1.31 bits per heavy atom. The highest BCUT2D eigenvalue weighted by Crippen LogP contribution is 2.08. The van der Waals surface area contributed by atoms with Crippen LogP contribution >= 0.6 is 11.6 Å². The molecular formula is C8H11ClN4. The van der Waals surface area contributed by atoms with E-state index in [1.807, 2.05) is 24.3 Å². The summed E-state index contributed by atoms with van der Waals surface area (Å²) >= 11 is 5.71. The summed E-state index contributed by atoms with van der Waals surface area (Å²) in [7, 11) is 0. The molecule has 70 valence electrons. The first kappa shape index (κ1) is 9.67. The number of hydrazone groups is 1. The lowest BCUT2D eigenvalue weighted by Gasteiger charge is -2.00. The molecule has 0 atom stereocenters. The molecule has 0 heterocycles. The van der Waals surface area contributed by atoms with Crippen LogP contribution in [0.4, 0.5) is 0 Å². The lowest BCUT2D eigenvalue weighted by atomic mass is 10.2. The van der Waals surface area contributed by atoms with Gasteiger partial charge in [-0.1, -0.05) is 23.7 Å². The number of halogens is 1. The highest BCUT2D eigenvalue weighted by molar-refractivity contribution is 6.30. The van der Waals surface area contributed by atoms with Crippen molar-refractivity contribution in [3.05, 3.63) is 34.9 Å². The molecule has 4 nitrogen and oxygen atoms in total. The van der Waals surface area contributed by atoms with E-state index >= 15 is 0 Å². The lowest BCUT2D eigenvalue weighted by molar-refractivity contribution is 0.741. The average Bonchev–Trinajstić information content (AvgIpc) is 2.08. The molecule has 0 bridgehead atoms. The van der Waals surface area contributed by atoms with Crippen LogP contribution in [0.3, 0.4) is 0 Å². The largest absolute Gasteiger partial charge is 0.369 e. The van der Waals surface area contributed by atoms with Crippen molar-refractivity contribution in [3.63, 3.8) is 0 Å². The van der Waals surface area contributed by atoms with Crippen molar-refractivity contribution in [2.75, 3.05) is 0 Å². The van der Waals surface area contributed by atoms with E-state index in [1.54, 1.807) is 0 Å². The Hall–Kier alpha value is -1.42. The molecule has 13 heavy (non-hydrogen) atoms. The minimum atomic E-state index is 0.0222. The summed E-state index contributed by atoms with van der Waals surface area (Å²) in [5, 5.41) is 4.35. The Kier molecular flexibility index (Phi) is 3.40. The molecule has 5 N–H and O–H groups in total. The molecule has 0 radical (unpaired) electrons. The maximum absolute atomic E-state index is 5.71. The van der Waals surface area contributed by atoms with Gasteiger partial charge in [-0.15, -0.1) is 5.10 Å². The molecule has 0 spiro atoms. The summed E-state index contributed by atoms with van der Waals surface area (Å²) in [6.07, 6.45) is 0. The van der Waals surface area contributed by atoms with Crippen LogP contribution in [-0.4, -0.2) is 5.96 Å². The van der Waals surface area contributed by atoms with Crippen LogP contribution in [0.15, 0.2) is 29.4 Å². The fourth-order valence-electron chi connectivity index (χ4n) is 0.824. The number of guanidine groups is 1. The van der Waals surface area contributed by atoms with E-state index in [1.165, 1.54) is 0 Å². The number of nitrogens with two attached hydrogens (primary N) is 2. The van der Waals surface area contributed by atoms with Crippen molar-refractivity contribution in [1.29, 1.82) is 0 Å². The number of hydrogen-bond acceptors (Lipinski definition) is 2. The van der Waals surface area contributed by atoms with Gasteiger partial charge in [0.25, 0.3) is 0 Å². The normalized spacial score (nSPS) is 9.31. The minimum absolute atomic E-state index is 0.0222. The molecule has 0 amide bonds. The van der Waals surface area contributed by atoms with Crippen molar-refractivity contribution in [2.24, 2.45) is 16.6 Å². The average molecular weight is 199 g/mol. The van der Waals surface area contributed by atoms with Gasteiger partial charge in [-0.25, -0.2) is 0 Å². The molecular weight excluding hydrogens is 188 g/mol. The quantitative estimate of drug-likeness (QED) is 0.379. The first-order chi connectivity index (χ1) is 6.18. The van der Waals surface area contributed by atoms with Crippen LogP contribution in [0.1, 0.15) is 5.56 Å². The second-order valence-corrected chi connectivity index (χ2v) is 2.93. The fraction of sp³-hybridized carbons (Fsp3) is 0.125. The van der Waals surface area contributed by atoms with Gasteiger partial charge in [0.05, 0.1) is 6.54 Å². The van der Waals surface area contributed by atoms with Crippen LogP contribution < -0.4 is 16.9 Å². The molecule has 0 aliphatic heterocycles. The third-order valence-corrected chi connectivity index (χ3v) is 1.66. The summed E-state index contributed by atoms with van der Waals surface area (Å²) in [5.74, 6) is 0.0222.